The summed E-state index contributed by atoms with van der Waals surface area (Å²) >= 11 is 3.38. The predicted molar refractivity (Wildman–Crippen MR) is 75.1 cm³/mol. The number of H-pyrrole nitrogens is 2. The maximum atomic E-state index is 11.7. The molecule has 0 spiro atoms. The Morgan fingerprint density at radius 2 is 2.05 bits per heavy atom. The number of benzene rings is 1. The van der Waals surface area contributed by atoms with Crippen molar-refractivity contribution in [2.45, 2.75) is 0 Å². The third-order valence-corrected chi connectivity index (χ3v) is 3.35. The summed E-state index contributed by atoms with van der Waals surface area (Å²) in [5.74, 6) is 0.544. The zero-order valence-electron chi connectivity index (χ0n) is 9.90. The smallest absolute Gasteiger partial charge is 0.329 e. The van der Waals surface area contributed by atoms with Crippen molar-refractivity contribution >= 4 is 27.1 Å². The van der Waals surface area contributed by atoms with E-state index >= 15 is 0 Å². The Morgan fingerprint density at radius 1 is 1.26 bits per heavy atom. The van der Waals surface area contributed by atoms with Gasteiger partial charge in [-0.2, -0.15) is 0 Å². The van der Waals surface area contributed by atoms with Gasteiger partial charge in [0.25, 0.3) is 5.56 Å². The Bertz CT molecular complexity index is 891. The van der Waals surface area contributed by atoms with Crippen LogP contribution in [0.4, 0.5) is 0 Å². The minimum absolute atomic E-state index is 0.289. The minimum Gasteiger partial charge on any atom is -0.332 e. The van der Waals surface area contributed by atoms with E-state index in [1.807, 2.05) is 24.3 Å². The van der Waals surface area contributed by atoms with Crippen LogP contribution in [-0.4, -0.2) is 19.5 Å². The first-order valence-corrected chi connectivity index (χ1v) is 6.30. The molecule has 0 amide bonds. The third kappa shape index (κ3) is 1.91. The van der Waals surface area contributed by atoms with Crippen LogP contribution in [0, 0.1) is 0 Å². The van der Waals surface area contributed by atoms with Gasteiger partial charge in [-0.3, -0.25) is 14.3 Å². The lowest BCUT2D eigenvalue weighted by molar-refractivity contribution is 0.832. The molecule has 19 heavy (non-hydrogen) atoms. The highest BCUT2D eigenvalue weighted by atomic mass is 79.9. The van der Waals surface area contributed by atoms with Crippen LogP contribution in [-0.2, 0) is 7.05 Å². The number of nitrogens with one attached hydrogen (secondary N) is 2. The fraction of sp³-hybridized carbons (Fsp3) is 0.0833. The Kier molecular flexibility index (Phi) is 2.63. The molecule has 0 aliphatic rings. The van der Waals surface area contributed by atoms with Crippen molar-refractivity contribution in [2.75, 3.05) is 0 Å². The van der Waals surface area contributed by atoms with Crippen LogP contribution in [0.3, 0.4) is 0 Å². The largest absolute Gasteiger partial charge is 0.332 e. The van der Waals surface area contributed by atoms with Gasteiger partial charge in [-0.15, -0.1) is 0 Å². The van der Waals surface area contributed by atoms with Crippen molar-refractivity contribution in [3.63, 3.8) is 0 Å². The van der Waals surface area contributed by atoms with Crippen LogP contribution in [0.5, 0.6) is 0 Å². The summed E-state index contributed by atoms with van der Waals surface area (Å²) in [4.78, 5) is 32.7. The Hall–Kier alpha value is -2.15. The van der Waals surface area contributed by atoms with E-state index in [9.17, 15) is 9.59 Å². The molecule has 6 nitrogen and oxygen atoms in total. The molecular formula is C12H9BrN4O2. The number of hydrogen-bond acceptors (Lipinski definition) is 3. The Balaban J connectivity index is 2.34. The molecule has 0 aliphatic heterocycles. The first kappa shape index (κ1) is 11.9. The van der Waals surface area contributed by atoms with Gasteiger partial charge < -0.3 is 4.98 Å². The maximum Gasteiger partial charge on any atom is 0.329 e. The quantitative estimate of drug-likeness (QED) is 0.710. The number of fused-ring (bicyclic) bond motifs is 1. The van der Waals surface area contributed by atoms with E-state index in [2.05, 4.69) is 30.9 Å². The molecule has 0 bridgehead atoms. The first-order valence-electron chi connectivity index (χ1n) is 5.51. The molecule has 2 heterocycles. The molecule has 2 N–H and O–H groups in total. The number of rotatable bonds is 1. The summed E-state index contributed by atoms with van der Waals surface area (Å²) in [5, 5.41) is 0. The molecule has 0 saturated heterocycles. The maximum absolute atomic E-state index is 11.7. The van der Waals surface area contributed by atoms with Crippen molar-refractivity contribution < 1.29 is 0 Å². The van der Waals surface area contributed by atoms with Gasteiger partial charge in [0.15, 0.2) is 5.65 Å². The van der Waals surface area contributed by atoms with E-state index in [4.69, 9.17) is 0 Å². The van der Waals surface area contributed by atoms with Gasteiger partial charge in [0, 0.05) is 17.1 Å². The van der Waals surface area contributed by atoms with Crippen molar-refractivity contribution in [2.24, 2.45) is 7.05 Å². The second kappa shape index (κ2) is 4.20. The minimum atomic E-state index is -0.482. The van der Waals surface area contributed by atoms with Crippen molar-refractivity contribution in [3.05, 3.63) is 49.6 Å². The van der Waals surface area contributed by atoms with Crippen LogP contribution in [0.15, 0.2) is 38.3 Å². The van der Waals surface area contributed by atoms with E-state index in [-0.39, 0.29) is 5.52 Å². The summed E-state index contributed by atoms with van der Waals surface area (Å²) in [6.07, 6.45) is 0. The molecule has 0 fully saturated rings. The van der Waals surface area contributed by atoms with Gasteiger partial charge in [0.1, 0.15) is 11.3 Å². The average molecular weight is 321 g/mol. The van der Waals surface area contributed by atoms with E-state index in [0.717, 1.165) is 10.0 Å². The van der Waals surface area contributed by atoms with Gasteiger partial charge in [-0.25, -0.2) is 9.78 Å². The van der Waals surface area contributed by atoms with Gasteiger partial charge >= 0.3 is 5.69 Å². The SMILES string of the molecule is Cn1c(=O)[nH]c(=O)c2[nH]c(-c3cccc(Br)c3)nc21. The summed E-state index contributed by atoms with van der Waals surface area (Å²) in [7, 11) is 1.56. The summed E-state index contributed by atoms with van der Waals surface area (Å²) < 4.78 is 2.21. The zero-order chi connectivity index (χ0) is 13.6. The van der Waals surface area contributed by atoms with Crippen LogP contribution < -0.4 is 11.2 Å². The van der Waals surface area contributed by atoms with Crippen molar-refractivity contribution in [1.82, 2.24) is 19.5 Å². The predicted octanol–water partition coefficient (Wildman–Crippen LogP) is 1.38. The second-order valence-electron chi connectivity index (χ2n) is 4.11. The number of aromatic nitrogens is 4. The molecule has 0 radical (unpaired) electrons. The topological polar surface area (TPSA) is 83.5 Å². The molecule has 3 aromatic rings. The average Bonchev–Trinajstić information content (AvgIpc) is 2.82. The molecule has 96 valence electrons. The zero-order valence-corrected chi connectivity index (χ0v) is 11.5. The van der Waals surface area contributed by atoms with E-state index in [1.54, 1.807) is 7.05 Å². The third-order valence-electron chi connectivity index (χ3n) is 2.85. The number of imidazole rings is 1. The highest BCUT2D eigenvalue weighted by Gasteiger charge is 2.11. The Morgan fingerprint density at radius 3 is 2.79 bits per heavy atom. The fourth-order valence-electron chi connectivity index (χ4n) is 1.88. The molecule has 2 aromatic heterocycles. The normalized spacial score (nSPS) is 11.1. The van der Waals surface area contributed by atoms with Crippen molar-refractivity contribution in [1.29, 1.82) is 0 Å². The van der Waals surface area contributed by atoms with E-state index in [1.165, 1.54) is 4.57 Å². The number of aromatic amines is 2. The monoisotopic (exact) mass is 320 g/mol. The Labute approximate surface area is 115 Å². The molecule has 0 unspecified atom stereocenters. The standard InChI is InChI=1S/C12H9BrN4O2/c1-17-10-8(11(18)16-12(17)19)14-9(15-10)6-3-2-4-7(13)5-6/h2-5H,1H3,(H,14,15)(H,16,18,19). The van der Waals surface area contributed by atoms with Crippen LogP contribution in [0.2, 0.25) is 0 Å². The van der Waals surface area contributed by atoms with Gasteiger partial charge in [0.2, 0.25) is 0 Å². The van der Waals surface area contributed by atoms with Crippen LogP contribution in [0.25, 0.3) is 22.6 Å². The second-order valence-corrected chi connectivity index (χ2v) is 5.03. The molecular weight excluding hydrogens is 312 g/mol. The van der Waals surface area contributed by atoms with Gasteiger partial charge in [0.05, 0.1) is 0 Å². The van der Waals surface area contributed by atoms with E-state index < -0.39 is 11.2 Å². The molecule has 0 aliphatic carbocycles. The number of halogens is 1. The fourth-order valence-corrected chi connectivity index (χ4v) is 2.28. The molecule has 3 rings (SSSR count). The number of hydrogen-bond donors (Lipinski definition) is 2. The molecule has 0 saturated carbocycles. The first-order chi connectivity index (χ1) is 9.06. The van der Waals surface area contributed by atoms with E-state index in [0.29, 0.717) is 11.5 Å². The molecule has 0 atom stereocenters. The summed E-state index contributed by atoms with van der Waals surface area (Å²) in [6, 6.07) is 7.52. The highest BCUT2D eigenvalue weighted by molar-refractivity contribution is 9.10. The lowest BCUT2D eigenvalue weighted by Crippen LogP contribution is -2.28. The van der Waals surface area contributed by atoms with Gasteiger partial charge in [-0.05, 0) is 12.1 Å². The van der Waals surface area contributed by atoms with Crippen LogP contribution in [0.1, 0.15) is 0 Å². The lowest BCUT2D eigenvalue weighted by Gasteiger charge is -1.96. The van der Waals surface area contributed by atoms with Crippen LogP contribution >= 0.6 is 15.9 Å². The molecule has 7 heteroatoms. The summed E-state index contributed by atoms with van der Waals surface area (Å²) in [5.41, 5.74) is 0.509. The highest BCUT2D eigenvalue weighted by Crippen LogP contribution is 2.21. The lowest BCUT2D eigenvalue weighted by atomic mass is 10.2. The summed E-state index contributed by atoms with van der Waals surface area (Å²) in [6.45, 7) is 0. The van der Waals surface area contributed by atoms with Gasteiger partial charge in [-0.1, -0.05) is 28.1 Å². The number of aryl methyl sites for hydroxylation is 1. The van der Waals surface area contributed by atoms with Crippen molar-refractivity contribution in [3.8, 4) is 11.4 Å². The molecule has 1 aromatic carbocycles. The number of nitrogens with zero attached hydrogens (tertiary/aromatic N) is 2.